The van der Waals surface area contributed by atoms with Gasteiger partial charge in [0.15, 0.2) is 0 Å². The van der Waals surface area contributed by atoms with E-state index in [1.165, 1.54) is 0 Å². The molecule has 4 heteroatoms. The van der Waals surface area contributed by atoms with Crippen LogP contribution in [-0.4, -0.2) is 27.8 Å². The summed E-state index contributed by atoms with van der Waals surface area (Å²) in [5.74, 6) is 0. The van der Waals surface area contributed by atoms with Crippen LogP contribution in [0.2, 0.25) is 0 Å². The normalized spacial score (nSPS) is 28.1. The van der Waals surface area contributed by atoms with E-state index in [1.807, 2.05) is 12.2 Å². The van der Waals surface area contributed by atoms with Crippen LogP contribution >= 0.6 is 0 Å². The van der Waals surface area contributed by atoms with Gasteiger partial charge in [0.1, 0.15) is 12.2 Å². The van der Waals surface area contributed by atoms with E-state index in [0.717, 1.165) is 5.69 Å². The molecule has 0 bridgehead atoms. The van der Waals surface area contributed by atoms with Crippen molar-refractivity contribution in [1.82, 2.24) is 9.97 Å². The minimum Gasteiger partial charge on any atom is -0.393 e. The molecule has 0 radical (unpaired) electrons. The molecule has 1 aromatic rings. The van der Waals surface area contributed by atoms with Gasteiger partial charge in [-0.25, -0.2) is 4.98 Å². The van der Waals surface area contributed by atoms with Gasteiger partial charge in [0.25, 0.3) is 0 Å². The van der Waals surface area contributed by atoms with Gasteiger partial charge in [-0.15, -0.1) is 0 Å². The fourth-order valence-corrected chi connectivity index (χ4v) is 1.21. The molecule has 0 aromatic carbocycles. The highest BCUT2D eigenvalue weighted by Gasteiger charge is 2.20. The number of aromatic nitrogens is 2. The maximum absolute atomic E-state index is 8.78. The Morgan fingerprint density at radius 2 is 2.50 bits per heavy atom. The van der Waals surface area contributed by atoms with E-state index in [-0.39, 0.29) is 18.8 Å². The third-order valence-electron chi connectivity index (χ3n) is 1.83. The Morgan fingerprint density at radius 1 is 1.58 bits per heavy atom. The number of imidazole rings is 1. The van der Waals surface area contributed by atoms with Crippen molar-refractivity contribution in [2.24, 2.45) is 0 Å². The molecule has 2 atom stereocenters. The number of aliphatic hydroxyl groups is 1. The van der Waals surface area contributed by atoms with Crippen molar-refractivity contribution in [3.63, 3.8) is 0 Å². The van der Waals surface area contributed by atoms with E-state index in [1.54, 1.807) is 12.5 Å². The second kappa shape index (κ2) is 3.08. The van der Waals surface area contributed by atoms with Gasteiger partial charge in [-0.05, 0) is 0 Å². The molecule has 0 saturated heterocycles. The van der Waals surface area contributed by atoms with Gasteiger partial charge in [-0.3, -0.25) is 0 Å². The van der Waals surface area contributed by atoms with Gasteiger partial charge in [0.05, 0.1) is 24.8 Å². The third kappa shape index (κ3) is 1.26. The number of ether oxygens (including phenoxy) is 1. The summed E-state index contributed by atoms with van der Waals surface area (Å²) in [6, 6.07) is 0. The molecule has 64 valence electrons. The highest BCUT2D eigenvalue weighted by Crippen LogP contribution is 2.24. The Labute approximate surface area is 69.9 Å². The van der Waals surface area contributed by atoms with E-state index < -0.39 is 0 Å². The molecule has 0 spiro atoms. The summed E-state index contributed by atoms with van der Waals surface area (Å²) >= 11 is 0. The lowest BCUT2D eigenvalue weighted by molar-refractivity contribution is 0.0236. The molecule has 0 fully saturated rings. The van der Waals surface area contributed by atoms with Crippen LogP contribution in [0, 0.1) is 0 Å². The lowest BCUT2D eigenvalue weighted by atomic mass is 10.3. The predicted molar refractivity (Wildman–Crippen MR) is 42.4 cm³/mol. The summed E-state index contributed by atoms with van der Waals surface area (Å²) < 4.78 is 5.42. The van der Waals surface area contributed by atoms with Crippen molar-refractivity contribution < 1.29 is 9.84 Å². The fraction of sp³-hybridized carbons (Fsp3) is 0.375. The molecule has 1 aromatic heterocycles. The van der Waals surface area contributed by atoms with Crippen molar-refractivity contribution in [1.29, 1.82) is 0 Å². The number of aromatic amines is 1. The van der Waals surface area contributed by atoms with Crippen molar-refractivity contribution in [3.8, 4) is 0 Å². The molecule has 0 amide bonds. The highest BCUT2D eigenvalue weighted by atomic mass is 16.5. The molecule has 2 heterocycles. The zero-order chi connectivity index (χ0) is 8.39. The van der Waals surface area contributed by atoms with Crippen LogP contribution < -0.4 is 0 Å². The standard InChI is InChI=1S/C8H10N2O2/c11-4-6-1-2-8(12-6)7-3-9-5-10-7/h1-3,5-6,8,11H,4H2,(H,9,10)/t6-,8-/m0/s1. The quantitative estimate of drug-likeness (QED) is 0.625. The summed E-state index contributed by atoms with van der Waals surface area (Å²) in [4.78, 5) is 6.84. The molecule has 12 heavy (non-hydrogen) atoms. The molecular weight excluding hydrogens is 156 g/mol. The van der Waals surface area contributed by atoms with Crippen LogP contribution in [0.3, 0.4) is 0 Å². The van der Waals surface area contributed by atoms with Crippen LogP contribution in [0.4, 0.5) is 0 Å². The van der Waals surface area contributed by atoms with Crippen LogP contribution in [0.1, 0.15) is 11.8 Å². The number of hydrogen-bond acceptors (Lipinski definition) is 3. The molecule has 4 nitrogen and oxygen atoms in total. The number of aliphatic hydroxyl groups excluding tert-OH is 1. The Morgan fingerprint density at radius 3 is 3.08 bits per heavy atom. The third-order valence-corrected chi connectivity index (χ3v) is 1.83. The second-order valence-electron chi connectivity index (χ2n) is 2.67. The summed E-state index contributed by atoms with van der Waals surface area (Å²) in [7, 11) is 0. The fourth-order valence-electron chi connectivity index (χ4n) is 1.21. The number of rotatable bonds is 2. The minimum atomic E-state index is -0.168. The maximum atomic E-state index is 8.78. The van der Waals surface area contributed by atoms with Crippen molar-refractivity contribution in [2.45, 2.75) is 12.2 Å². The van der Waals surface area contributed by atoms with Gasteiger partial charge in [0.2, 0.25) is 0 Å². The Balaban J connectivity index is 2.06. The van der Waals surface area contributed by atoms with Gasteiger partial charge < -0.3 is 14.8 Å². The van der Waals surface area contributed by atoms with Gasteiger partial charge in [-0.1, -0.05) is 12.2 Å². The average Bonchev–Trinajstić information content (AvgIpc) is 2.75. The first-order valence-corrected chi connectivity index (χ1v) is 3.83. The molecule has 0 aliphatic carbocycles. The Hall–Kier alpha value is -1.13. The maximum Gasteiger partial charge on any atom is 0.118 e. The van der Waals surface area contributed by atoms with Crippen LogP contribution in [0.5, 0.6) is 0 Å². The van der Waals surface area contributed by atoms with Gasteiger partial charge >= 0.3 is 0 Å². The first-order chi connectivity index (χ1) is 5.90. The lowest BCUT2D eigenvalue weighted by Gasteiger charge is -2.09. The monoisotopic (exact) mass is 166 g/mol. The molecule has 1 aliphatic rings. The SMILES string of the molecule is OC[C@@H]1C=C[C@@H](c2cnc[nH]2)O1. The van der Waals surface area contributed by atoms with E-state index in [0.29, 0.717) is 0 Å². The van der Waals surface area contributed by atoms with Gasteiger partial charge in [0, 0.05) is 0 Å². The average molecular weight is 166 g/mol. The number of nitrogens with zero attached hydrogens (tertiary/aromatic N) is 1. The zero-order valence-electron chi connectivity index (χ0n) is 6.47. The van der Waals surface area contributed by atoms with Crippen molar-refractivity contribution in [3.05, 3.63) is 30.4 Å². The molecule has 0 unspecified atom stereocenters. The Kier molecular flexibility index (Phi) is 1.93. The first kappa shape index (κ1) is 7.52. The minimum absolute atomic E-state index is 0.0289. The van der Waals surface area contributed by atoms with Crippen molar-refractivity contribution in [2.75, 3.05) is 6.61 Å². The van der Waals surface area contributed by atoms with Crippen LogP contribution in [0.25, 0.3) is 0 Å². The Bertz CT molecular complexity index is 269. The van der Waals surface area contributed by atoms with E-state index in [9.17, 15) is 0 Å². The summed E-state index contributed by atoms with van der Waals surface area (Å²) in [5, 5.41) is 8.78. The van der Waals surface area contributed by atoms with Crippen molar-refractivity contribution >= 4 is 0 Å². The van der Waals surface area contributed by atoms with Gasteiger partial charge in [-0.2, -0.15) is 0 Å². The summed E-state index contributed by atoms with van der Waals surface area (Å²) in [6.07, 6.45) is 6.84. The zero-order valence-corrected chi connectivity index (χ0v) is 6.47. The second-order valence-corrected chi connectivity index (χ2v) is 2.67. The van der Waals surface area contributed by atoms with Crippen LogP contribution in [-0.2, 0) is 4.74 Å². The number of H-pyrrole nitrogens is 1. The molecule has 2 N–H and O–H groups in total. The van der Waals surface area contributed by atoms with E-state index >= 15 is 0 Å². The van der Waals surface area contributed by atoms with E-state index in [2.05, 4.69) is 9.97 Å². The lowest BCUT2D eigenvalue weighted by Crippen LogP contribution is -2.11. The topological polar surface area (TPSA) is 58.1 Å². The molecule has 0 saturated carbocycles. The molecule has 2 rings (SSSR count). The summed E-state index contributed by atoms with van der Waals surface area (Å²) in [6.45, 7) is 0.0289. The first-order valence-electron chi connectivity index (χ1n) is 3.83. The molecule has 1 aliphatic heterocycles. The smallest absolute Gasteiger partial charge is 0.118 e. The summed E-state index contributed by atoms with van der Waals surface area (Å²) in [5.41, 5.74) is 0.919. The highest BCUT2D eigenvalue weighted by molar-refractivity contribution is 5.13. The predicted octanol–water partition coefficient (Wildman–Crippen LogP) is 0.398. The van der Waals surface area contributed by atoms with Crippen LogP contribution in [0.15, 0.2) is 24.7 Å². The number of nitrogens with one attached hydrogen (secondary N) is 1. The largest absolute Gasteiger partial charge is 0.393 e. The molecular formula is C8H10N2O2. The number of hydrogen-bond donors (Lipinski definition) is 2. The van der Waals surface area contributed by atoms with E-state index in [4.69, 9.17) is 9.84 Å².